The summed E-state index contributed by atoms with van der Waals surface area (Å²) in [5.41, 5.74) is 1.93. The Kier molecular flexibility index (Phi) is 11.5. The number of hydrogen-bond donors (Lipinski definition) is 0. The van der Waals surface area contributed by atoms with Gasteiger partial charge in [-0.3, -0.25) is 4.99 Å². The fraction of sp³-hybridized carbons (Fsp3) is 0.600. The molecule has 70 valence electrons. The van der Waals surface area contributed by atoms with E-state index >= 15 is 0 Å². The predicted molar refractivity (Wildman–Crippen MR) is 58.3 cm³/mol. The molecule has 0 unspecified atom stereocenters. The Balaban J connectivity index is 0. The largest absolute Gasteiger partial charge is 0.274 e. The van der Waals surface area contributed by atoms with Crippen molar-refractivity contribution in [2.45, 2.75) is 34.6 Å². The summed E-state index contributed by atoms with van der Waals surface area (Å²) in [4.78, 5) is 7.98. The van der Waals surface area contributed by atoms with Crippen molar-refractivity contribution in [2.24, 2.45) is 9.98 Å². The van der Waals surface area contributed by atoms with Crippen LogP contribution in [0.1, 0.15) is 34.6 Å². The number of allylic oxidation sites excluding steroid dienone is 1. The smallest absolute Gasteiger partial charge is 0.110 e. The first kappa shape index (κ1) is 13.7. The Morgan fingerprint density at radius 2 is 1.83 bits per heavy atom. The van der Waals surface area contributed by atoms with Crippen molar-refractivity contribution in [3.05, 3.63) is 12.2 Å². The highest BCUT2D eigenvalue weighted by atomic mass is 14.8. The predicted octanol–water partition coefficient (Wildman–Crippen LogP) is 3.10. The number of rotatable bonds is 3. The van der Waals surface area contributed by atoms with Crippen LogP contribution in [0.4, 0.5) is 0 Å². The molecule has 0 aliphatic heterocycles. The van der Waals surface area contributed by atoms with Crippen LogP contribution in [0, 0.1) is 0 Å². The lowest BCUT2D eigenvalue weighted by atomic mass is 10.2. The van der Waals surface area contributed by atoms with Gasteiger partial charge in [-0.25, -0.2) is 4.99 Å². The molecule has 0 aliphatic carbocycles. The Morgan fingerprint density at radius 3 is 2.17 bits per heavy atom. The van der Waals surface area contributed by atoms with Gasteiger partial charge in [-0.05, 0) is 26.3 Å². The van der Waals surface area contributed by atoms with Crippen molar-refractivity contribution in [1.82, 2.24) is 0 Å². The molecule has 2 nitrogen and oxygen atoms in total. The van der Waals surface area contributed by atoms with Gasteiger partial charge in [-0.15, -0.1) is 0 Å². The average molecular weight is 168 g/mol. The zero-order valence-corrected chi connectivity index (χ0v) is 8.89. The fourth-order valence-electron chi connectivity index (χ4n) is 0.319. The monoisotopic (exact) mass is 168 g/mol. The van der Waals surface area contributed by atoms with Crippen molar-refractivity contribution in [3.8, 4) is 0 Å². The molecule has 2 heteroatoms. The van der Waals surface area contributed by atoms with Gasteiger partial charge in [0.1, 0.15) is 6.34 Å². The second-order valence-corrected chi connectivity index (χ2v) is 2.11. The molecule has 12 heavy (non-hydrogen) atoms. The summed E-state index contributed by atoms with van der Waals surface area (Å²) in [7, 11) is 0. The van der Waals surface area contributed by atoms with E-state index in [1.54, 1.807) is 6.34 Å². The molecule has 0 saturated heterocycles. The van der Waals surface area contributed by atoms with Crippen LogP contribution in [-0.2, 0) is 0 Å². The summed E-state index contributed by atoms with van der Waals surface area (Å²) in [5, 5.41) is 0. The van der Waals surface area contributed by atoms with Gasteiger partial charge in [-0.1, -0.05) is 20.4 Å². The molecule has 0 atom stereocenters. The van der Waals surface area contributed by atoms with Gasteiger partial charge >= 0.3 is 0 Å². The van der Waals surface area contributed by atoms with Crippen LogP contribution >= 0.6 is 0 Å². The molecular weight excluding hydrogens is 148 g/mol. The third kappa shape index (κ3) is 9.08. The van der Waals surface area contributed by atoms with Crippen molar-refractivity contribution in [2.75, 3.05) is 6.54 Å². The second kappa shape index (κ2) is 10.1. The summed E-state index contributed by atoms with van der Waals surface area (Å²) in [5.74, 6) is 0. The molecule has 0 aromatic carbocycles. The lowest BCUT2D eigenvalue weighted by Crippen LogP contribution is -1.91. The summed E-state index contributed by atoms with van der Waals surface area (Å²) < 4.78 is 0. The van der Waals surface area contributed by atoms with Crippen LogP contribution in [0.2, 0.25) is 0 Å². The normalized spacial score (nSPS) is 10.9. The molecule has 0 aliphatic rings. The van der Waals surface area contributed by atoms with E-state index in [1.165, 1.54) is 0 Å². The van der Waals surface area contributed by atoms with Crippen molar-refractivity contribution < 1.29 is 0 Å². The molecular formula is C10H20N2. The maximum atomic E-state index is 4.04. The van der Waals surface area contributed by atoms with E-state index in [0.29, 0.717) is 0 Å². The first-order chi connectivity index (χ1) is 5.68. The summed E-state index contributed by atoms with van der Waals surface area (Å²) in [6.07, 6.45) is 1.57. The Bertz CT molecular complexity index is 167. The zero-order valence-electron chi connectivity index (χ0n) is 8.89. The Morgan fingerprint density at radius 1 is 1.33 bits per heavy atom. The van der Waals surface area contributed by atoms with Crippen molar-refractivity contribution >= 4 is 12.1 Å². The minimum atomic E-state index is 0.785. The second-order valence-electron chi connectivity index (χ2n) is 2.11. The maximum absolute atomic E-state index is 4.04. The van der Waals surface area contributed by atoms with E-state index in [2.05, 4.69) is 16.6 Å². The first-order valence-electron chi connectivity index (χ1n) is 4.37. The van der Waals surface area contributed by atoms with Gasteiger partial charge < -0.3 is 0 Å². The van der Waals surface area contributed by atoms with Crippen molar-refractivity contribution in [1.29, 1.82) is 0 Å². The molecule has 0 bridgehead atoms. The van der Waals surface area contributed by atoms with Crippen LogP contribution in [-0.4, -0.2) is 18.6 Å². The third-order valence-electron chi connectivity index (χ3n) is 1.13. The molecule has 0 saturated carbocycles. The van der Waals surface area contributed by atoms with Crippen LogP contribution in [0.3, 0.4) is 0 Å². The van der Waals surface area contributed by atoms with Gasteiger partial charge in [0.05, 0.1) is 0 Å². The topological polar surface area (TPSA) is 24.7 Å². The lowest BCUT2D eigenvalue weighted by molar-refractivity contribution is 1.13. The van der Waals surface area contributed by atoms with Crippen LogP contribution in [0.5, 0.6) is 0 Å². The van der Waals surface area contributed by atoms with Gasteiger partial charge in [0, 0.05) is 12.3 Å². The van der Waals surface area contributed by atoms with E-state index < -0.39 is 0 Å². The van der Waals surface area contributed by atoms with E-state index in [0.717, 1.165) is 17.8 Å². The number of aliphatic imine (C=N–C) groups is 2. The Hall–Kier alpha value is -0.920. The Labute approximate surface area is 76.1 Å². The van der Waals surface area contributed by atoms with Gasteiger partial charge in [0.15, 0.2) is 0 Å². The quantitative estimate of drug-likeness (QED) is 0.457. The van der Waals surface area contributed by atoms with E-state index in [9.17, 15) is 0 Å². The fourth-order valence-corrected chi connectivity index (χ4v) is 0.319. The average Bonchev–Trinajstić information content (AvgIpc) is 2.08. The molecule has 0 amide bonds. The molecule has 0 fully saturated rings. The first-order valence-corrected chi connectivity index (χ1v) is 4.37. The maximum Gasteiger partial charge on any atom is 0.110 e. The van der Waals surface area contributed by atoms with Gasteiger partial charge in [0.2, 0.25) is 0 Å². The summed E-state index contributed by atoms with van der Waals surface area (Å²) >= 11 is 0. The molecule has 0 heterocycles. The molecule has 0 aromatic rings. The summed E-state index contributed by atoms with van der Waals surface area (Å²) in [6.45, 7) is 14.4. The highest BCUT2D eigenvalue weighted by molar-refractivity contribution is 6.00. The van der Waals surface area contributed by atoms with Crippen molar-refractivity contribution in [3.63, 3.8) is 0 Å². The highest BCUT2D eigenvalue weighted by Gasteiger charge is 1.85. The van der Waals surface area contributed by atoms with Crippen LogP contribution in [0.25, 0.3) is 0 Å². The van der Waals surface area contributed by atoms with Crippen LogP contribution < -0.4 is 0 Å². The van der Waals surface area contributed by atoms with E-state index in [1.807, 2.05) is 34.6 Å². The molecule has 0 radical (unpaired) electrons. The standard InChI is InChI=1S/C8H14N2.C2H6/c1-5-9-6-10-8(4)7(2)3;1-2/h6H,2,5H2,1,3-4H3;1-2H3. The van der Waals surface area contributed by atoms with Crippen LogP contribution in [0.15, 0.2) is 22.1 Å². The molecule has 0 rings (SSSR count). The molecule has 0 N–H and O–H groups in total. The van der Waals surface area contributed by atoms with Gasteiger partial charge in [0.25, 0.3) is 0 Å². The van der Waals surface area contributed by atoms with E-state index in [4.69, 9.17) is 0 Å². The lowest BCUT2D eigenvalue weighted by Gasteiger charge is -1.92. The van der Waals surface area contributed by atoms with E-state index in [-0.39, 0.29) is 0 Å². The zero-order chi connectivity index (χ0) is 9.98. The minimum Gasteiger partial charge on any atom is -0.274 e. The number of hydrogen-bond acceptors (Lipinski definition) is 1. The minimum absolute atomic E-state index is 0.785. The number of nitrogens with zero attached hydrogens (tertiary/aromatic N) is 2. The SMILES string of the molecule is C=C(C)C(C)=NC=NCC.CC. The van der Waals surface area contributed by atoms with Gasteiger partial charge in [-0.2, -0.15) is 0 Å². The third-order valence-corrected chi connectivity index (χ3v) is 1.13. The highest BCUT2D eigenvalue weighted by Crippen LogP contribution is 1.89. The molecule has 0 aromatic heterocycles. The molecule has 0 spiro atoms. The summed E-state index contributed by atoms with van der Waals surface area (Å²) in [6, 6.07) is 0.